The molecule has 0 aromatic carbocycles. The zero-order valence-corrected chi connectivity index (χ0v) is 12.3. The lowest BCUT2D eigenvalue weighted by Gasteiger charge is -2.32. The number of ether oxygens (including phenoxy) is 1. The van der Waals surface area contributed by atoms with Crippen LogP contribution in [0, 0.1) is 0 Å². The van der Waals surface area contributed by atoms with Gasteiger partial charge in [0.15, 0.2) is 0 Å². The van der Waals surface area contributed by atoms with Gasteiger partial charge in [0.25, 0.3) is 0 Å². The number of nitrogens with two attached hydrogens (primary N) is 1. The standard InChI is InChI=1S/C14H27N3O2/c1-10(2)17-11-4-5-12(17)8-16(7-6-11)14(18)13(15)9-19-3/h10-13H,4-9,15H2,1-3H3. The van der Waals surface area contributed by atoms with Crippen LogP contribution in [0.5, 0.6) is 0 Å². The molecule has 2 heterocycles. The summed E-state index contributed by atoms with van der Waals surface area (Å²) in [4.78, 5) is 16.8. The minimum absolute atomic E-state index is 0.0399. The van der Waals surface area contributed by atoms with Gasteiger partial charge in [0.2, 0.25) is 5.91 Å². The number of nitrogens with zero attached hydrogens (tertiary/aromatic N) is 2. The molecule has 19 heavy (non-hydrogen) atoms. The predicted octanol–water partition coefficient (Wildman–Crippen LogP) is 0.434. The highest BCUT2D eigenvalue weighted by molar-refractivity contribution is 5.81. The van der Waals surface area contributed by atoms with Gasteiger partial charge >= 0.3 is 0 Å². The summed E-state index contributed by atoms with van der Waals surface area (Å²) in [5, 5.41) is 0. The molecule has 2 N–H and O–H groups in total. The van der Waals surface area contributed by atoms with Crippen molar-refractivity contribution < 1.29 is 9.53 Å². The Hall–Kier alpha value is -0.650. The van der Waals surface area contributed by atoms with Crippen LogP contribution in [-0.2, 0) is 9.53 Å². The van der Waals surface area contributed by atoms with Gasteiger partial charge in [-0.1, -0.05) is 0 Å². The molecule has 5 heteroatoms. The van der Waals surface area contributed by atoms with E-state index < -0.39 is 6.04 Å². The van der Waals surface area contributed by atoms with Crippen LogP contribution >= 0.6 is 0 Å². The van der Waals surface area contributed by atoms with E-state index in [0.717, 1.165) is 19.5 Å². The zero-order valence-electron chi connectivity index (χ0n) is 12.3. The van der Waals surface area contributed by atoms with E-state index in [1.54, 1.807) is 7.11 Å². The lowest BCUT2D eigenvalue weighted by atomic mass is 10.1. The highest BCUT2D eigenvalue weighted by Crippen LogP contribution is 2.32. The Balaban J connectivity index is 2.01. The van der Waals surface area contributed by atoms with Crippen molar-refractivity contribution in [3.05, 3.63) is 0 Å². The molecule has 2 aliphatic rings. The fourth-order valence-electron chi connectivity index (χ4n) is 3.64. The second-order valence-corrected chi connectivity index (χ2v) is 6.06. The molecule has 2 saturated heterocycles. The molecule has 2 bridgehead atoms. The average molecular weight is 269 g/mol. The highest BCUT2D eigenvalue weighted by atomic mass is 16.5. The summed E-state index contributed by atoms with van der Waals surface area (Å²) in [6.45, 7) is 6.46. The molecule has 0 aromatic heterocycles. The second-order valence-electron chi connectivity index (χ2n) is 6.06. The van der Waals surface area contributed by atoms with Crippen molar-refractivity contribution in [2.75, 3.05) is 26.8 Å². The van der Waals surface area contributed by atoms with Crippen molar-refractivity contribution >= 4 is 5.91 Å². The van der Waals surface area contributed by atoms with E-state index in [1.807, 2.05) is 4.90 Å². The third-order valence-corrected chi connectivity index (χ3v) is 4.41. The van der Waals surface area contributed by atoms with E-state index in [1.165, 1.54) is 12.8 Å². The topological polar surface area (TPSA) is 58.8 Å². The molecule has 3 atom stereocenters. The fraction of sp³-hybridized carbons (Fsp3) is 0.929. The Morgan fingerprint density at radius 2 is 2.00 bits per heavy atom. The van der Waals surface area contributed by atoms with Crippen LogP contribution in [-0.4, -0.2) is 66.7 Å². The first-order valence-electron chi connectivity index (χ1n) is 7.35. The first kappa shape index (κ1) is 14.8. The van der Waals surface area contributed by atoms with Gasteiger partial charge in [-0.25, -0.2) is 0 Å². The molecule has 2 aliphatic heterocycles. The number of amides is 1. The van der Waals surface area contributed by atoms with Gasteiger partial charge in [0.1, 0.15) is 6.04 Å². The molecule has 0 spiro atoms. The highest BCUT2D eigenvalue weighted by Gasteiger charge is 2.39. The summed E-state index contributed by atoms with van der Waals surface area (Å²) in [6.07, 6.45) is 3.54. The molecule has 0 aromatic rings. The minimum Gasteiger partial charge on any atom is -0.383 e. The lowest BCUT2D eigenvalue weighted by molar-refractivity contribution is -0.134. The minimum atomic E-state index is -0.519. The lowest BCUT2D eigenvalue weighted by Crippen LogP contribution is -2.49. The number of likely N-dealkylation sites (tertiary alicyclic amines) is 1. The number of carbonyl (C=O) groups excluding carboxylic acids is 1. The van der Waals surface area contributed by atoms with Gasteiger partial charge in [-0.2, -0.15) is 0 Å². The molecule has 0 saturated carbocycles. The van der Waals surface area contributed by atoms with Crippen molar-refractivity contribution in [2.45, 2.75) is 57.3 Å². The first-order chi connectivity index (χ1) is 9.04. The molecule has 0 aliphatic carbocycles. The van der Waals surface area contributed by atoms with E-state index in [0.29, 0.717) is 24.7 Å². The van der Waals surface area contributed by atoms with E-state index in [-0.39, 0.29) is 5.91 Å². The summed E-state index contributed by atoms with van der Waals surface area (Å²) in [6, 6.07) is 1.18. The van der Waals surface area contributed by atoms with E-state index in [2.05, 4.69) is 18.7 Å². The van der Waals surface area contributed by atoms with Crippen molar-refractivity contribution in [3.63, 3.8) is 0 Å². The number of rotatable bonds is 4. The van der Waals surface area contributed by atoms with Crippen LogP contribution in [0.2, 0.25) is 0 Å². The Labute approximate surface area is 116 Å². The van der Waals surface area contributed by atoms with E-state index >= 15 is 0 Å². The van der Waals surface area contributed by atoms with Crippen molar-refractivity contribution in [3.8, 4) is 0 Å². The maximum Gasteiger partial charge on any atom is 0.241 e. The third-order valence-electron chi connectivity index (χ3n) is 4.41. The van der Waals surface area contributed by atoms with E-state index in [4.69, 9.17) is 10.5 Å². The Morgan fingerprint density at radius 1 is 1.32 bits per heavy atom. The number of methoxy groups -OCH3 is 1. The van der Waals surface area contributed by atoms with Gasteiger partial charge in [-0.3, -0.25) is 9.69 Å². The molecule has 5 nitrogen and oxygen atoms in total. The van der Waals surface area contributed by atoms with Gasteiger partial charge in [0, 0.05) is 38.3 Å². The van der Waals surface area contributed by atoms with Crippen molar-refractivity contribution in [1.82, 2.24) is 9.80 Å². The molecule has 1 amide bonds. The molecule has 2 rings (SSSR count). The van der Waals surface area contributed by atoms with Crippen LogP contribution in [0.1, 0.15) is 33.1 Å². The van der Waals surface area contributed by atoms with Crippen LogP contribution in [0.3, 0.4) is 0 Å². The van der Waals surface area contributed by atoms with Crippen LogP contribution in [0.15, 0.2) is 0 Å². The summed E-state index contributed by atoms with van der Waals surface area (Å²) < 4.78 is 4.99. The number of hydrogen-bond donors (Lipinski definition) is 1. The van der Waals surface area contributed by atoms with Crippen molar-refractivity contribution in [2.24, 2.45) is 5.73 Å². The molecule has 3 unspecified atom stereocenters. The molecule has 2 fully saturated rings. The third kappa shape index (κ3) is 3.09. The van der Waals surface area contributed by atoms with Crippen LogP contribution in [0.4, 0.5) is 0 Å². The maximum absolute atomic E-state index is 12.3. The predicted molar refractivity (Wildman–Crippen MR) is 74.8 cm³/mol. The van der Waals surface area contributed by atoms with Crippen molar-refractivity contribution in [1.29, 1.82) is 0 Å². The quantitative estimate of drug-likeness (QED) is 0.804. The normalized spacial score (nSPS) is 29.6. The fourth-order valence-corrected chi connectivity index (χ4v) is 3.64. The SMILES string of the molecule is COCC(N)C(=O)N1CCC2CCC(C1)N2C(C)C. The number of fused-ring (bicyclic) bond motifs is 2. The summed E-state index contributed by atoms with van der Waals surface area (Å²) in [5.41, 5.74) is 5.87. The van der Waals surface area contributed by atoms with Gasteiger partial charge in [-0.15, -0.1) is 0 Å². The Kier molecular flexibility index (Phi) is 4.81. The van der Waals surface area contributed by atoms with Gasteiger partial charge < -0.3 is 15.4 Å². The molecule has 0 radical (unpaired) electrons. The Bertz CT molecular complexity index is 322. The second kappa shape index (κ2) is 6.20. The molecular weight excluding hydrogens is 242 g/mol. The van der Waals surface area contributed by atoms with Crippen LogP contribution in [0.25, 0.3) is 0 Å². The summed E-state index contributed by atoms with van der Waals surface area (Å²) >= 11 is 0. The average Bonchev–Trinajstić information content (AvgIpc) is 2.64. The van der Waals surface area contributed by atoms with Gasteiger partial charge in [0.05, 0.1) is 6.61 Å². The smallest absolute Gasteiger partial charge is 0.241 e. The number of hydrogen-bond acceptors (Lipinski definition) is 4. The first-order valence-corrected chi connectivity index (χ1v) is 7.35. The largest absolute Gasteiger partial charge is 0.383 e. The monoisotopic (exact) mass is 269 g/mol. The zero-order chi connectivity index (χ0) is 14.0. The number of carbonyl (C=O) groups is 1. The molecular formula is C14H27N3O2. The summed E-state index contributed by atoms with van der Waals surface area (Å²) in [7, 11) is 1.58. The molecule has 110 valence electrons. The van der Waals surface area contributed by atoms with E-state index in [9.17, 15) is 4.79 Å². The van der Waals surface area contributed by atoms with Gasteiger partial charge in [-0.05, 0) is 33.1 Å². The summed E-state index contributed by atoms with van der Waals surface area (Å²) in [5.74, 6) is 0.0399. The van der Waals surface area contributed by atoms with Crippen LogP contribution < -0.4 is 5.73 Å². The maximum atomic E-state index is 12.3. The Morgan fingerprint density at radius 3 is 2.63 bits per heavy atom.